The number of carbonyl (C=O) groups excluding carboxylic acids is 1. The molecule has 2 rings (SSSR count). The van der Waals surface area contributed by atoms with E-state index in [1.165, 1.54) is 37.0 Å². The van der Waals surface area contributed by atoms with Crippen LogP contribution in [0.2, 0.25) is 0 Å². The molecule has 120 valence electrons. The Bertz CT molecular complexity index is 435. The summed E-state index contributed by atoms with van der Waals surface area (Å²) in [4.78, 5) is 13.3. The predicted molar refractivity (Wildman–Crippen MR) is 95.1 cm³/mol. The average Bonchev–Trinajstić information content (AvgIpc) is 2.89. The van der Waals surface area contributed by atoms with Crippen LogP contribution in [0.15, 0.2) is 15.9 Å². The summed E-state index contributed by atoms with van der Waals surface area (Å²) < 4.78 is 1.10. The van der Waals surface area contributed by atoms with Gasteiger partial charge in [0.2, 0.25) is 5.91 Å². The Labute approximate surface area is 145 Å². The van der Waals surface area contributed by atoms with Gasteiger partial charge in [0.1, 0.15) is 0 Å². The van der Waals surface area contributed by atoms with Gasteiger partial charge in [0, 0.05) is 33.7 Å². The van der Waals surface area contributed by atoms with Crippen LogP contribution in [0.4, 0.5) is 0 Å². The van der Waals surface area contributed by atoms with Gasteiger partial charge >= 0.3 is 0 Å². The van der Waals surface area contributed by atoms with Gasteiger partial charge in [0.05, 0.1) is 0 Å². The number of hydrogen-bond acceptors (Lipinski definition) is 3. The van der Waals surface area contributed by atoms with Crippen molar-refractivity contribution in [3.8, 4) is 0 Å². The highest BCUT2D eigenvalue weighted by Gasteiger charge is 2.23. The van der Waals surface area contributed by atoms with Crippen LogP contribution in [-0.2, 0) is 11.2 Å². The fraction of sp³-hybridized carbons (Fsp3) is 0.667. The van der Waals surface area contributed by atoms with Crippen molar-refractivity contribution >= 4 is 45.6 Å². The minimum atomic E-state index is 0. The van der Waals surface area contributed by atoms with Gasteiger partial charge in [-0.05, 0) is 47.2 Å². The first-order chi connectivity index (χ1) is 9.69. The van der Waals surface area contributed by atoms with Crippen molar-refractivity contribution in [1.29, 1.82) is 0 Å². The highest BCUT2D eigenvalue weighted by molar-refractivity contribution is 9.10. The molecule has 1 aromatic rings. The van der Waals surface area contributed by atoms with Crippen molar-refractivity contribution in [2.45, 2.75) is 51.0 Å². The number of aryl methyl sites for hydroxylation is 1. The number of nitrogens with two attached hydrogens (primary N) is 1. The third-order valence-electron chi connectivity index (χ3n) is 4.04. The molecular formula is C15H24BrClN2OS. The van der Waals surface area contributed by atoms with Crippen molar-refractivity contribution in [3.63, 3.8) is 0 Å². The van der Waals surface area contributed by atoms with E-state index in [1.54, 1.807) is 11.3 Å². The summed E-state index contributed by atoms with van der Waals surface area (Å²) in [6, 6.07) is 2.25. The quantitative estimate of drug-likeness (QED) is 0.767. The number of thiophene rings is 1. The molecule has 0 aromatic carbocycles. The van der Waals surface area contributed by atoms with Crippen molar-refractivity contribution < 1.29 is 4.79 Å². The van der Waals surface area contributed by atoms with Gasteiger partial charge in [-0.3, -0.25) is 4.79 Å². The van der Waals surface area contributed by atoms with Crippen LogP contribution in [0, 0.1) is 5.92 Å². The second-order valence-electron chi connectivity index (χ2n) is 5.54. The van der Waals surface area contributed by atoms with Crippen LogP contribution in [0.5, 0.6) is 0 Å². The first-order valence-electron chi connectivity index (χ1n) is 7.41. The molecule has 1 aliphatic rings. The second-order valence-corrected chi connectivity index (χ2v) is 7.45. The number of nitrogens with one attached hydrogen (secondary N) is 1. The molecule has 1 aliphatic carbocycles. The normalized spacial score (nSPS) is 17.0. The zero-order chi connectivity index (χ0) is 14.4. The minimum Gasteiger partial charge on any atom is -0.352 e. The van der Waals surface area contributed by atoms with E-state index in [2.05, 4.69) is 32.7 Å². The maximum atomic E-state index is 12.1. The topological polar surface area (TPSA) is 55.1 Å². The van der Waals surface area contributed by atoms with Gasteiger partial charge in [-0.1, -0.05) is 19.3 Å². The van der Waals surface area contributed by atoms with Crippen LogP contribution in [0.3, 0.4) is 0 Å². The smallest absolute Gasteiger partial charge is 0.220 e. The lowest BCUT2D eigenvalue weighted by molar-refractivity contribution is -0.122. The molecular weight excluding hydrogens is 372 g/mol. The third kappa shape index (κ3) is 6.27. The van der Waals surface area contributed by atoms with Gasteiger partial charge in [-0.25, -0.2) is 0 Å². The number of hydrogen-bond donors (Lipinski definition) is 2. The van der Waals surface area contributed by atoms with Gasteiger partial charge in [0.15, 0.2) is 0 Å². The Morgan fingerprint density at radius 1 is 1.43 bits per heavy atom. The first kappa shape index (κ1) is 18.9. The zero-order valence-corrected chi connectivity index (χ0v) is 15.4. The van der Waals surface area contributed by atoms with E-state index < -0.39 is 0 Å². The number of halogens is 2. The van der Waals surface area contributed by atoms with Gasteiger partial charge in [-0.15, -0.1) is 23.7 Å². The lowest BCUT2D eigenvalue weighted by Crippen LogP contribution is -2.45. The Hall–Kier alpha value is -0.100. The molecule has 3 nitrogen and oxygen atoms in total. The second kappa shape index (κ2) is 9.82. The molecule has 1 fully saturated rings. The highest BCUT2D eigenvalue weighted by Crippen LogP contribution is 2.26. The lowest BCUT2D eigenvalue weighted by Gasteiger charge is -2.30. The predicted octanol–water partition coefficient (Wildman–Crippen LogP) is 3.89. The van der Waals surface area contributed by atoms with E-state index in [0.29, 0.717) is 18.9 Å². The van der Waals surface area contributed by atoms with E-state index in [0.717, 1.165) is 10.9 Å². The molecule has 1 atom stereocenters. The minimum absolute atomic E-state index is 0. The van der Waals surface area contributed by atoms with Gasteiger partial charge < -0.3 is 11.1 Å². The molecule has 1 unspecified atom stereocenters. The Kier molecular flexibility index (Phi) is 8.86. The largest absolute Gasteiger partial charge is 0.352 e. The summed E-state index contributed by atoms with van der Waals surface area (Å²) in [6.45, 7) is 0.557. The summed E-state index contributed by atoms with van der Waals surface area (Å²) >= 11 is 5.13. The monoisotopic (exact) mass is 394 g/mol. The molecule has 0 aliphatic heterocycles. The maximum Gasteiger partial charge on any atom is 0.220 e. The molecule has 1 amide bonds. The molecule has 1 aromatic heterocycles. The molecule has 1 saturated carbocycles. The third-order valence-corrected chi connectivity index (χ3v) is 5.80. The Balaban J connectivity index is 0.00000220. The molecule has 0 bridgehead atoms. The molecule has 0 radical (unpaired) electrons. The number of amides is 1. The molecule has 1 heterocycles. The first-order valence-corrected chi connectivity index (χ1v) is 9.08. The molecule has 6 heteroatoms. The number of rotatable bonds is 6. The van der Waals surface area contributed by atoms with Crippen LogP contribution in [0.25, 0.3) is 0 Å². The molecule has 21 heavy (non-hydrogen) atoms. The SMILES string of the molecule is Cl.NCC(NC(=O)CCc1cc(Br)cs1)C1CCCCC1. The van der Waals surface area contributed by atoms with Crippen molar-refractivity contribution in [2.24, 2.45) is 11.7 Å². The Morgan fingerprint density at radius 3 is 2.71 bits per heavy atom. The fourth-order valence-corrected chi connectivity index (χ4v) is 4.36. The van der Waals surface area contributed by atoms with Crippen LogP contribution in [-0.4, -0.2) is 18.5 Å². The van der Waals surface area contributed by atoms with Gasteiger partial charge in [-0.2, -0.15) is 0 Å². The van der Waals surface area contributed by atoms with E-state index in [4.69, 9.17) is 5.73 Å². The molecule has 0 spiro atoms. The van der Waals surface area contributed by atoms with E-state index >= 15 is 0 Å². The highest BCUT2D eigenvalue weighted by atomic mass is 79.9. The molecule has 3 N–H and O–H groups in total. The standard InChI is InChI=1S/C15H23BrN2OS.ClH/c16-12-8-13(20-10-12)6-7-15(19)18-14(9-17)11-4-2-1-3-5-11;/h8,10-11,14H,1-7,9,17H2,(H,18,19);1H. The summed E-state index contributed by atoms with van der Waals surface area (Å²) in [5, 5.41) is 5.20. The van der Waals surface area contributed by atoms with E-state index in [9.17, 15) is 4.79 Å². The van der Waals surface area contributed by atoms with Crippen molar-refractivity contribution in [1.82, 2.24) is 5.32 Å². The lowest BCUT2D eigenvalue weighted by atomic mass is 9.84. The van der Waals surface area contributed by atoms with Crippen molar-refractivity contribution in [2.75, 3.05) is 6.54 Å². The van der Waals surface area contributed by atoms with Crippen molar-refractivity contribution in [3.05, 3.63) is 20.8 Å². The summed E-state index contributed by atoms with van der Waals surface area (Å²) in [7, 11) is 0. The fourth-order valence-electron chi connectivity index (χ4n) is 2.91. The summed E-state index contributed by atoms with van der Waals surface area (Å²) in [5.74, 6) is 0.712. The van der Waals surface area contributed by atoms with Crippen LogP contribution < -0.4 is 11.1 Å². The van der Waals surface area contributed by atoms with Gasteiger partial charge in [0.25, 0.3) is 0 Å². The van der Waals surface area contributed by atoms with Crippen LogP contribution in [0.1, 0.15) is 43.4 Å². The van der Waals surface area contributed by atoms with Crippen LogP contribution >= 0.6 is 39.7 Å². The number of carbonyl (C=O) groups is 1. The zero-order valence-electron chi connectivity index (χ0n) is 12.1. The Morgan fingerprint density at radius 2 is 2.14 bits per heavy atom. The maximum absolute atomic E-state index is 12.1. The summed E-state index contributed by atoms with van der Waals surface area (Å²) in [6.07, 6.45) is 7.66. The molecule has 0 saturated heterocycles. The summed E-state index contributed by atoms with van der Waals surface area (Å²) in [5.41, 5.74) is 5.84. The van der Waals surface area contributed by atoms with E-state index in [-0.39, 0.29) is 24.4 Å². The van der Waals surface area contributed by atoms with E-state index in [1.807, 2.05) is 0 Å². The average molecular weight is 396 g/mol.